The van der Waals surface area contributed by atoms with E-state index in [1.54, 1.807) is 0 Å². The molecular weight excluding hydrogens is 242 g/mol. The van der Waals surface area contributed by atoms with Crippen LogP contribution in [0.2, 0.25) is 0 Å². The maximum absolute atomic E-state index is 12.2. The van der Waals surface area contributed by atoms with Crippen molar-refractivity contribution < 1.29 is 9.32 Å². The Kier molecular flexibility index (Phi) is 3.21. The van der Waals surface area contributed by atoms with Gasteiger partial charge in [0.15, 0.2) is 5.58 Å². The molecule has 2 aromatic rings. The van der Waals surface area contributed by atoms with Crippen molar-refractivity contribution in [3.05, 3.63) is 30.0 Å². The Bertz CT molecular complexity index is 593. The van der Waals surface area contributed by atoms with Crippen molar-refractivity contribution in [2.45, 2.75) is 25.3 Å². The molecule has 1 unspecified atom stereocenters. The van der Waals surface area contributed by atoms with Crippen LogP contribution >= 0.6 is 0 Å². The fourth-order valence-corrected chi connectivity index (χ4v) is 2.56. The molecule has 19 heavy (non-hydrogen) atoms. The Morgan fingerprint density at radius 2 is 2.32 bits per heavy atom. The minimum Gasteiger partial charge on any atom is -0.356 e. The van der Waals surface area contributed by atoms with Crippen LogP contribution in [0.3, 0.4) is 0 Å². The van der Waals surface area contributed by atoms with Crippen LogP contribution in [0.4, 0.5) is 0 Å². The number of nitrogens with zero attached hydrogens (tertiary/aromatic N) is 2. The summed E-state index contributed by atoms with van der Waals surface area (Å²) in [6, 6.07) is 7.70. The molecule has 5 heteroatoms. The first-order valence-electron chi connectivity index (χ1n) is 6.60. The van der Waals surface area contributed by atoms with E-state index in [0.717, 1.165) is 30.4 Å². The second kappa shape index (κ2) is 5.01. The molecule has 1 atom stereocenters. The van der Waals surface area contributed by atoms with E-state index in [2.05, 4.69) is 5.16 Å². The highest BCUT2D eigenvalue weighted by atomic mass is 16.5. The number of likely N-dealkylation sites (tertiary alicyclic amines) is 1. The number of hydrogen-bond donors (Lipinski definition) is 1. The van der Waals surface area contributed by atoms with E-state index in [1.165, 1.54) is 0 Å². The number of aromatic nitrogens is 1. The van der Waals surface area contributed by atoms with Crippen LogP contribution in [0.1, 0.15) is 18.5 Å². The van der Waals surface area contributed by atoms with Crippen LogP contribution in [0.15, 0.2) is 28.8 Å². The minimum absolute atomic E-state index is 0.0780. The average Bonchev–Trinajstić information content (AvgIpc) is 2.82. The van der Waals surface area contributed by atoms with Gasteiger partial charge in [-0.2, -0.15) is 0 Å². The lowest BCUT2D eigenvalue weighted by Crippen LogP contribution is -2.46. The number of amides is 1. The number of hydrogen-bond acceptors (Lipinski definition) is 4. The smallest absolute Gasteiger partial charge is 0.228 e. The molecule has 0 spiro atoms. The van der Waals surface area contributed by atoms with E-state index >= 15 is 0 Å². The molecule has 1 amide bonds. The van der Waals surface area contributed by atoms with Crippen LogP contribution in [0.5, 0.6) is 0 Å². The third-order valence-corrected chi connectivity index (χ3v) is 3.58. The van der Waals surface area contributed by atoms with Crippen LogP contribution in [0.25, 0.3) is 11.0 Å². The monoisotopic (exact) mass is 259 g/mol. The largest absolute Gasteiger partial charge is 0.356 e. The summed E-state index contributed by atoms with van der Waals surface area (Å²) in [4.78, 5) is 14.1. The van der Waals surface area contributed by atoms with Gasteiger partial charge in [0.1, 0.15) is 5.69 Å². The molecule has 1 aliphatic rings. The summed E-state index contributed by atoms with van der Waals surface area (Å²) in [6.07, 6.45) is 2.26. The third-order valence-electron chi connectivity index (χ3n) is 3.58. The molecule has 0 saturated carbocycles. The maximum Gasteiger partial charge on any atom is 0.228 e. The van der Waals surface area contributed by atoms with E-state index < -0.39 is 0 Å². The number of nitrogens with two attached hydrogens (primary N) is 1. The first-order valence-corrected chi connectivity index (χ1v) is 6.60. The molecule has 5 nitrogen and oxygen atoms in total. The van der Waals surface area contributed by atoms with Crippen molar-refractivity contribution in [2.75, 3.05) is 13.1 Å². The van der Waals surface area contributed by atoms with Crippen LogP contribution in [0, 0.1) is 0 Å². The number of carbonyl (C=O) groups excluding carboxylic acids is 1. The Morgan fingerprint density at radius 1 is 1.47 bits per heavy atom. The number of carbonyl (C=O) groups is 1. The van der Waals surface area contributed by atoms with Gasteiger partial charge in [-0.3, -0.25) is 4.79 Å². The van der Waals surface area contributed by atoms with Gasteiger partial charge in [-0.15, -0.1) is 0 Å². The summed E-state index contributed by atoms with van der Waals surface area (Å²) >= 11 is 0. The third kappa shape index (κ3) is 2.46. The molecule has 100 valence electrons. The molecule has 2 heterocycles. The average molecular weight is 259 g/mol. The highest BCUT2D eigenvalue weighted by molar-refractivity contribution is 5.86. The summed E-state index contributed by atoms with van der Waals surface area (Å²) in [5.41, 5.74) is 7.33. The summed E-state index contributed by atoms with van der Waals surface area (Å²) in [5.74, 6) is 0.0780. The lowest BCUT2D eigenvalue weighted by molar-refractivity contribution is -0.131. The topological polar surface area (TPSA) is 72.4 Å². The van der Waals surface area contributed by atoms with Crippen molar-refractivity contribution in [2.24, 2.45) is 5.73 Å². The highest BCUT2D eigenvalue weighted by Crippen LogP contribution is 2.19. The number of fused-ring (bicyclic) bond motifs is 1. The standard InChI is InChI=1S/C14H17N3O2/c15-10-4-3-7-17(9-10)14(18)8-12-11-5-1-2-6-13(11)19-16-12/h1-2,5-6,10H,3-4,7-9,15H2. The Hall–Kier alpha value is -1.88. The zero-order chi connectivity index (χ0) is 13.2. The summed E-state index contributed by atoms with van der Waals surface area (Å²) in [7, 11) is 0. The van der Waals surface area contributed by atoms with Crippen molar-refractivity contribution in [3.63, 3.8) is 0 Å². The van der Waals surface area contributed by atoms with Gasteiger partial charge in [0.05, 0.1) is 6.42 Å². The summed E-state index contributed by atoms with van der Waals surface area (Å²) in [5, 5.41) is 4.91. The van der Waals surface area contributed by atoms with Crippen LogP contribution in [-0.4, -0.2) is 35.1 Å². The second-order valence-corrected chi connectivity index (χ2v) is 5.04. The summed E-state index contributed by atoms with van der Waals surface area (Å²) < 4.78 is 5.21. The van der Waals surface area contributed by atoms with E-state index in [1.807, 2.05) is 29.2 Å². The van der Waals surface area contributed by atoms with Gasteiger partial charge in [0.2, 0.25) is 5.91 Å². The van der Waals surface area contributed by atoms with Gasteiger partial charge in [0, 0.05) is 24.5 Å². The van der Waals surface area contributed by atoms with Gasteiger partial charge < -0.3 is 15.2 Å². The Labute approximate surface area is 111 Å². The molecule has 2 N–H and O–H groups in total. The van der Waals surface area contributed by atoms with Crippen molar-refractivity contribution in [1.82, 2.24) is 10.1 Å². The van der Waals surface area contributed by atoms with E-state index in [0.29, 0.717) is 12.2 Å². The fourth-order valence-electron chi connectivity index (χ4n) is 2.56. The van der Waals surface area contributed by atoms with Gasteiger partial charge in [-0.25, -0.2) is 0 Å². The van der Waals surface area contributed by atoms with Crippen molar-refractivity contribution in [3.8, 4) is 0 Å². The number of rotatable bonds is 2. The first kappa shape index (κ1) is 12.2. The maximum atomic E-state index is 12.2. The van der Waals surface area contributed by atoms with Gasteiger partial charge >= 0.3 is 0 Å². The van der Waals surface area contributed by atoms with Crippen molar-refractivity contribution in [1.29, 1.82) is 0 Å². The van der Waals surface area contributed by atoms with Gasteiger partial charge in [-0.1, -0.05) is 17.3 Å². The Balaban J connectivity index is 1.75. The predicted octanol–water partition coefficient (Wildman–Crippen LogP) is 1.32. The molecule has 1 aromatic carbocycles. The normalized spacial score (nSPS) is 19.8. The zero-order valence-corrected chi connectivity index (χ0v) is 10.7. The van der Waals surface area contributed by atoms with E-state index in [4.69, 9.17) is 10.3 Å². The lowest BCUT2D eigenvalue weighted by atomic mass is 10.1. The fraction of sp³-hybridized carbons (Fsp3) is 0.429. The number of benzene rings is 1. The molecular formula is C14H17N3O2. The van der Waals surface area contributed by atoms with Crippen molar-refractivity contribution >= 4 is 16.9 Å². The van der Waals surface area contributed by atoms with Crippen LogP contribution < -0.4 is 5.73 Å². The molecule has 1 aliphatic heterocycles. The second-order valence-electron chi connectivity index (χ2n) is 5.04. The summed E-state index contributed by atoms with van der Waals surface area (Å²) in [6.45, 7) is 1.44. The van der Waals surface area contributed by atoms with Gasteiger partial charge in [0.25, 0.3) is 0 Å². The zero-order valence-electron chi connectivity index (χ0n) is 10.7. The Morgan fingerprint density at radius 3 is 3.16 bits per heavy atom. The minimum atomic E-state index is 0.0780. The molecule has 1 fully saturated rings. The lowest BCUT2D eigenvalue weighted by Gasteiger charge is -2.30. The number of para-hydroxylation sites is 1. The molecule has 0 radical (unpaired) electrons. The van der Waals surface area contributed by atoms with Crippen LogP contribution in [-0.2, 0) is 11.2 Å². The molecule has 1 saturated heterocycles. The molecule has 3 rings (SSSR count). The quantitative estimate of drug-likeness (QED) is 0.882. The van der Waals surface area contributed by atoms with E-state index in [-0.39, 0.29) is 18.4 Å². The predicted molar refractivity (Wildman–Crippen MR) is 71.5 cm³/mol. The molecule has 0 aliphatic carbocycles. The molecule has 1 aromatic heterocycles. The van der Waals surface area contributed by atoms with E-state index in [9.17, 15) is 4.79 Å². The SMILES string of the molecule is NC1CCCN(C(=O)Cc2noc3ccccc23)C1. The molecule has 0 bridgehead atoms. The number of piperidine rings is 1. The highest BCUT2D eigenvalue weighted by Gasteiger charge is 2.22. The first-order chi connectivity index (χ1) is 9.24. The van der Waals surface area contributed by atoms with Gasteiger partial charge in [-0.05, 0) is 25.0 Å².